The van der Waals surface area contributed by atoms with Crippen LogP contribution in [0, 0.1) is 29.1 Å². The maximum Gasteiger partial charge on any atom is 0.474 e. The number of ether oxygens (including phenoxy) is 7. The van der Waals surface area contributed by atoms with Crippen molar-refractivity contribution in [3.63, 3.8) is 0 Å². The molecular weight excluding hydrogens is 1030 g/mol. The lowest BCUT2D eigenvalue weighted by atomic mass is 9.79. The van der Waals surface area contributed by atoms with E-state index in [1.54, 1.807) is 0 Å². The number of amides is 3. The average Bonchev–Trinajstić information content (AvgIpc) is 3.33. The number of phosphoric ester groups is 1. The molecule has 0 aliphatic carbocycles. The van der Waals surface area contributed by atoms with Crippen molar-refractivity contribution < 1.29 is 112 Å². The van der Waals surface area contributed by atoms with Gasteiger partial charge in [-0.05, 0) is 48.3 Å². The molecule has 3 saturated heterocycles. The molecule has 0 aromatic rings. The van der Waals surface area contributed by atoms with Crippen LogP contribution in [0.25, 0.3) is 0 Å². The SMILES string of the molecule is CC(=O)N[C@H]1C(O[C@H]2[C@@H](OP(=O)(O)OC[C@@H](OCCC(C)CCCCC(C)(C)CCC(C)CCC(C)CCCC(C)C)C(=O)O)O[C@H](C(N)=O)[C@H](O)[C@@H]2OC(N)=O)O[C@H](CO)[C@@H](O[C@@H]2O[C@H](CO)[C@@H](O)[C@H](O)[C@H]2O)[C@@H]1O. The number of phosphoric acid groups is 1. The number of aliphatic hydroxyl groups excluding tert-OH is 7. The highest BCUT2D eigenvalue weighted by atomic mass is 31.2. The van der Waals surface area contributed by atoms with Crippen LogP contribution >= 0.6 is 7.82 Å². The predicted molar refractivity (Wildman–Crippen MR) is 267 cm³/mol. The van der Waals surface area contributed by atoms with Crippen LogP contribution in [0.3, 0.4) is 0 Å². The van der Waals surface area contributed by atoms with Crippen molar-refractivity contribution in [1.29, 1.82) is 0 Å². The first-order chi connectivity index (χ1) is 35.5. The Labute approximate surface area is 445 Å². The average molecular weight is 1120 g/mol. The summed E-state index contributed by atoms with van der Waals surface area (Å²) in [6.45, 7) is 13.8. The smallest absolute Gasteiger partial charge is 0.474 e. The quantitative estimate of drug-likeness (QED) is 0.0316. The van der Waals surface area contributed by atoms with Crippen LogP contribution < -0.4 is 16.8 Å². The molecule has 5 unspecified atom stereocenters. The van der Waals surface area contributed by atoms with Gasteiger partial charge < -0.3 is 95.7 Å². The number of nitrogens with one attached hydrogen (secondary N) is 1. The summed E-state index contributed by atoms with van der Waals surface area (Å²) in [5.74, 6) is -1.54. The fraction of sp³-hybridized carbons (Fsp3) is 0.918. The Balaban J connectivity index is 1.66. The van der Waals surface area contributed by atoms with Crippen LogP contribution in [-0.4, -0.2) is 194 Å². The molecular formula is C49H90N3O23P. The fourth-order valence-electron chi connectivity index (χ4n) is 9.45. The second-order valence-electron chi connectivity index (χ2n) is 22.1. The van der Waals surface area contributed by atoms with Gasteiger partial charge in [0.2, 0.25) is 11.8 Å². The molecule has 3 heterocycles. The van der Waals surface area contributed by atoms with Gasteiger partial charge in [0, 0.05) is 13.5 Å². The number of unbranched alkanes of at least 4 members (excludes halogenated alkanes) is 1. The molecule has 0 aromatic carbocycles. The van der Waals surface area contributed by atoms with Crippen LogP contribution in [0.4, 0.5) is 4.79 Å². The number of aliphatic hydroxyl groups is 7. The highest BCUT2D eigenvalue weighted by Crippen LogP contribution is 2.48. The van der Waals surface area contributed by atoms with Crippen molar-refractivity contribution >= 4 is 31.7 Å². The molecule has 27 heteroatoms. The molecule has 0 aromatic heterocycles. The van der Waals surface area contributed by atoms with E-state index in [1.807, 2.05) is 6.92 Å². The van der Waals surface area contributed by atoms with Gasteiger partial charge in [0.15, 0.2) is 43.3 Å². The van der Waals surface area contributed by atoms with Crippen molar-refractivity contribution in [2.45, 2.75) is 231 Å². The number of nitrogens with two attached hydrogens (primary N) is 2. The van der Waals surface area contributed by atoms with Gasteiger partial charge in [-0.1, -0.05) is 106 Å². The van der Waals surface area contributed by atoms with Crippen LogP contribution in [0.5, 0.6) is 0 Å². The van der Waals surface area contributed by atoms with E-state index in [9.17, 15) is 69.5 Å². The minimum atomic E-state index is -5.58. The van der Waals surface area contributed by atoms with E-state index in [0.717, 1.165) is 50.9 Å². The van der Waals surface area contributed by atoms with E-state index < -0.39 is 150 Å². The zero-order valence-corrected chi connectivity index (χ0v) is 46.1. The molecule has 3 amide bonds. The van der Waals surface area contributed by atoms with Gasteiger partial charge in [-0.3, -0.25) is 18.6 Å². The Hall–Kier alpha value is -2.73. The van der Waals surface area contributed by atoms with Crippen LogP contribution in [-0.2, 0) is 61.2 Å². The van der Waals surface area contributed by atoms with Crippen molar-refractivity contribution in [1.82, 2.24) is 5.32 Å². The van der Waals surface area contributed by atoms with Crippen LogP contribution in [0.1, 0.15) is 132 Å². The minimum Gasteiger partial charge on any atom is -0.479 e. The standard InChI is InChI=1S/C49H90N3O23P/c1-25(2)12-11-14-26(3)15-16-28(5)17-20-49(7,8)19-10-9-13-27(4)18-21-67-32(44(62)63)24-68-76(65,66)75-47-42(40(74-48(51)64)38(60)41(72-47)43(50)61)73-45-33(52-29(6)55)35(57)39(31(23-54)70-45)71-46-37(59)36(58)34(56)30(22-53)69-46/h25-28,30-42,45-47,53-54,56-60H,9-24H2,1-8H3,(H2,50,61)(H2,51,64)(H,52,55)(H,62,63)(H,65,66)/t26?,27?,28?,30-,31-,32-,33-,34-,35-,36+,37-,38-,39-,40+,41+,42-,45?,46+,47-/m1/s1. The second kappa shape index (κ2) is 31.9. The molecule has 14 N–H and O–H groups in total. The Morgan fingerprint density at radius 2 is 1.26 bits per heavy atom. The van der Waals surface area contributed by atoms with E-state index in [-0.39, 0.29) is 17.9 Å². The molecule has 20 atom stereocenters. The van der Waals surface area contributed by atoms with E-state index in [4.69, 9.17) is 53.7 Å². The third-order valence-electron chi connectivity index (χ3n) is 14.3. The summed E-state index contributed by atoms with van der Waals surface area (Å²) < 4.78 is 62.6. The predicted octanol–water partition coefficient (Wildman–Crippen LogP) is 1.05. The van der Waals surface area contributed by atoms with Gasteiger partial charge >= 0.3 is 19.9 Å². The first kappa shape index (κ1) is 67.5. The molecule has 76 heavy (non-hydrogen) atoms. The number of hydrogen-bond acceptors (Lipinski definition) is 21. The largest absolute Gasteiger partial charge is 0.479 e. The van der Waals surface area contributed by atoms with Crippen molar-refractivity contribution in [2.24, 2.45) is 40.6 Å². The molecule has 0 radical (unpaired) electrons. The van der Waals surface area contributed by atoms with Gasteiger partial charge in [0.05, 0.1) is 19.8 Å². The summed E-state index contributed by atoms with van der Waals surface area (Å²) in [6, 6.07) is -1.83. The Morgan fingerprint density at radius 3 is 1.84 bits per heavy atom. The topological polar surface area (TPSA) is 415 Å². The summed E-state index contributed by atoms with van der Waals surface area (Å²) >= 11 is 0. The molecule has 0 saturated carbocycles. The summed E-state index contributed by atoms with van der Waals surface area (Å²) in [5, 5.41) is 86.2. The zero-order valence-electron chi connectivity index (χ0n) is 45.2. The summed E-state index contributed by atoms with van der Waals surface area (Å²) in [7, 11) is -5.58. The maximum absolute atomic E-state index is 13.6. The molecule has 26 nitrogen and oxygen atoms in total. The maximum atomic E-state index is 13.6. The molecule has 3 rings (SSSR count). The van der Waals surface area contributed by atoms with E-state index >= 15 is 0 Å². The van der Waals surface area contributed by atoms with Gasteiger partial charge in [-0.15, -0.1) is 0 Å². The lowest BCUT2D eigenvalue weighted by Gasteiger charge is -2.49. The molecule has 444 valence electrons. The van der Waals surface area contributed by atoms with Gasteiger partial charge in [0.1, 0.15) is 54.9 Å². The first-order valence-corrected chi connectivity index (χ1v) is 27.9. The molecule has 3 aliphatic heterocycles. The molecule has 3 fully saturated rings. The highest BCUT2D eigenvalue weighted by Gasteiger charge is 2.57. The Morgan fingerprint density at radius 1 is 0.671 bits per heavy atom. The van der Waals surface area contributed by atoms with E-state index in [2.05, 4.69) is 46.9 Å². The molecule has 3 aliphatic rings. The van der Waals surface area contributed by atoms with Crippen molar-refractivity contribution in [3.8, 4) is 0 Å². The highest BCUT2D eigenvalue weighted by molar-refractivity contribution is 7.47. The van der Waals surface area contributed by atoms with Crippen molar-refractivity contribution in [3.05, 3.63) is 0 Å². The Kier molecular flexibility index (Phi) is 28.4. The summed E-state index contributed by atoms with van der Waals surface area (Å²) in [5.41, 5.74) is 10.9. The Bertz CT molecular complexity index is 1820. The van der Waals surface area contributed by atoms with Gasteiger partial charge in [0.25, 0.3) is 0 Å². The van der Waals surface area contributed by atoms with Crippen LogP contribution in [0.15, 0.2) is 0 Å². The molecule has 0 bridgehead atoms. The summed E-state index contributed by atoms with van der Waals surface area (Å²) in [6.07, 6.45) is -18.5. The number of carboxylic acids is 1. The first-order valence-electron chi connectivity index (χ1n) is 26.4. The number of carbonyl (C=O) groups excluding carboxylic acids is 3. The number of hydrogen-bond donors (Lipinski definition) is 12. The molecule has 0 spiro atoms. The number of rotatable bonds is 34. The normalized spacial score (nSPS) is 32.7. The van der Waals surface area contributed by atoms with E-state index in [0.29, 0.717) is 12.3 Å². The monoisotopic (exact) mass is 1120 g/mol. The van der Waals surface area contributed by atoms with Crippen molar-refractivity contribution in [2.75, 3.05) is 26.4 Å². The van der Waals surface area contributed by atoms with Crippen LogP contribution in [0.2, 0.25) is 0 Å². The van der Waals surface area contributed by atoms with E-state index in [1.165, 1.54) is 38.5 Å². The second-order valence-corrected chi connectivity index (χ2v) is 23.5. The number of aliphatic carboxylic acids is 1. The lowest BCUT2D eigenvalue weighted by molar-refractivity contribution is -0.365. The number of carbonyl (C=O) groups is 4. The van der Waals surface area contributed by atoms with Gasteiger partial charge in [-0.25, -0.2) is 14.2 Å². The van der Waals surface area contributed by atoms with Gasteiger partial charge in [-0.2, -0.15) is 0 Å². The summed E-state index contributed by atoms with van der Waals surface area (Å²) in [4.78, 5) is 60.3. The lowest BCUT2D eigenvalue weighted by Crippen LogP contribution is -2.70. The number of carboxylic acid groups (broad SMARTS) is 1. The minimum absolute atomic E-state index is 0.0598. The number of primary amides is 2. The zero-order chi connectivity index (χ0) is 57.2. The third-order valence-corrected chi connectivity index (χ3v) is 15.2. The fourth-order valence-corrected chi connectivity index (χ4v) is 10.3. The third kappa shape index (κ3) is 21.7.